The Kier molecular flexibility index (Phi) is 4.86. The zero-order chi connectivity index (χ0) is 21.5. The minimum absolute atomic E-state index is 0.0404. The number of fused-ring (bicyclic) bond motifs is 2. The number of likely N-dealkylation sites (tertiary alicyclic amines) is 1. The van der Waals surface area contributed by atoms with Gasteiger partial charge < -0.3 is 14.4 Å². The highest BCUT2D eigenvalue weighted by atomic mass is 16.5. The molecule has 6 heteroatoms. The van der Waals surface area contributed by atoms with E-state index in [1.807, 2.05) is 33.8 Å². The van der Waals surface area contributed by atoms with Crippen molar-refractivity contribution in [2.24, 2.45) is 0 Å². The predicted molar refractivity (Wildman–Crippen MR) is 121 cm³/mol. The number of amides is 1. The lowest BCUT2D eigenvalue weighted by Crippen LogP contribution is -2.31. The highest BCUT2D eigenvalue weighted by Gasteiger charge is 2.36. The molecule has 1 aromatic heterocycles. The molecule has 3 aromatic rings. The van der Waals surface area contributed by atoms with Crippen molar-refractivity contribution in [3.63, 3.8) is 0 Å². The average Bonchev–Trinajstić information content (AvgIpc) is 3.53. The van der Waals surface area contributed by atoms with Crippen LogP contribution in [0.3, 0.4) is 0 Å². The molecule has 3 aliphatic rings. The van der Waals surface area contributed by atoms with Gasteiger partial charge in [0.1, 0.15) is 0 Å². The van der Waals surface area contributed by atoms with Gasteiger partial charge in [0.2, 0.25) is 0 Å². The number of ether oxygens (including phenoxy) is 2. The molecule has 1 aliphatic carbocycles. The van der Waals surface area contributed by atoms with E-state index in [2.05, 4.69) is 24.3 Å². The van der Waals surface area contributed by atoms with Crippen LogP contribution in [0.5, 0.6) is 11.5 Å². The van der Waals surface area contributed by atoms with Crippen molar-refractivity contribution in [3.8, 4) is 17.2 Å². The number of nitrogens with zero attached hydrogens (tertiary/aromatic N) is 3. The molecule has 6 rings (SSSR count). The second-order valence-electron chi connectivity index (χ2n) is 8.79. The fraction of sp³-hybridized carbons (Fsp3) is 0.385. The largest absolute Gasteiger partial charge is 0.490 e. The van der Waals surface area contributed by atoms with Crippen molar-refractivity contribution in [2.75, 3.05) is 19.8 Å². The average molecular weight is 430 g/mol. The highest BCUT2D eigenvalue weighted by Crippen LogP contribution is 2.39. The third-order valence-electron chi connectivity index (χ3n) is 6.80. The second-order valence-corrected chi connectivity index (χ2v) is 8.79. The fourth-order valence-corrected chi connectivity index (χ4v) is 5.27. The van der Waals surface area contributed by atoms with Crippen LogP contribution in [0.4, 0.5) is 0 Å². The van der Waals surface area contributed by atoms with Crippen molar-refractivity contribution in [2.45, 2.75) is 44.6 Å². The summed E-state index contributed by atoms with van der Waals surface area (Å²) in [6, 6.07) is 16.3. The first-order chi connectivity index (χ1) is 15.8. The maximum absolute atomic E-state index is 13.8. The Morgan fingerprint density at radius 1 is 0.938 bits per heavy atom. The van der Waals surface area contributed by atoms with Gasteiger partial charge in [-0.3, -0.25) is 4.79 Å². The Labute approximate surface area is 187 Å². The van der Waals surface area contributed by atoms with E-state index in [0.717, 1.165) is 73.4 Å². The van der Waals surface area contributed by atoms with Crippen LogP contribution < -0.4 is 9.47 Å². The van der Waals surface area contributed by atoms with Crippen LogP contribution in [0, 0.1) is 0 Å². The Morgan fingerprint density at radius 2 is 1.78 bits per heavy atom. The van der Waals surface area contributed by atoms with Gasteiger partial charge in [-0.05, 0) is 61.9 Å². The number of para-hydroxylation sites is 1. The number of hydrogen-bond acceptors (Lipinski definition) is 4. The van der Waals surface area contributed by atoms with Crippen LogP contribution in [0.25, 0.3) is 5.69 Å². The van der Waals surface area contributed by atoms with Gasteiger partial charge >= 0.3 is 0 Å². The summed E-state index contributed by atoms with van der Waals surface area (Å²) < 4.78 is 13.7. The molecule has 2 aromatic carbocycles. The van der Waals surface area contributed by atoms with Crippen LogP contribution in [-0.4, -0.2) is 40.3 Å². The molecule has 0 radical (unpaired) electrons. The van der Waals surface area contributed by atoms with E-state index < -0.39 is 0 Å². The van der Waals surface area contributed by atoms with Crippen molar-refractivity contribution in [3.05, 3.63) is 71.0 Å². The van der Waals surface area contributed by atoms with Crippen molar-refractivity contribution in [1.29, 1.82) is 0 Å². The first-order valence-corrected chi connectivity index (χ1v) is 11.7. The van der Waals surface area contributed by atoms with E-state index in [1.54, 1.807) is 0 Å². The fourth-order valence-electron chi connectivity index (χ4n) is 5.27. The van der Waals surface area contributed by atoms with Crippen LogP contribution in [-0.2, 0) is 12.8 Å². The zero-order valence-corrected chi connectivity index (χ0v) is 18.1. The first-order valence-electron chi connectivity index (χ1n) is 11.7. The summed E-state index contributed by atoms with van der Waals surface area (Å²) in [5.74, 6) is 1.63. The normalized spacial score (nSPS) is 19.6. The second kappa shape index (κ2) is 8.01. The molecule has 0 N–H and O–H groups in total. The van der Waals surface area contributed by atoms with E-state index in [1.165, 1.54) is 5.69 Å². The molecule has 0 saturated carbocycles. The lowest BCUT2D eigenvalue weighted by atomic mass is 10.0. The standard InChI is InChI=1S/C26H27N3O3/c30-26(25-20-9-4-10-22(20)29(27-25)19-7-2-1-3-8-19)28-14-5-11-21(28)18-12-13-23-24(17-18)32-16-6-15-31-23/h1-3,7-8,12-13,17,21H,4-6,9-11,14-16H2. The minimum Gasteiger partial charge on any atom is -0.490 e. The summed E-state index contributed by atoms with van der Waals surface area (Å²) in [5.41, 5.74) is 5.07. The smallest absolute Gasteiger partial charge is 0.275 e. The Morgan fingerprint density at radius 3 is 2.66 bits per heavy atom. The minimum atomic E-state index is 0.0404. The van der Waals surface area contributed by atoms with Gasteiger partial charge in [0.05, 0.1) is 24.9 Å². The number of rotatable bonds is 3. The zero-order valence-electron chi connectivity index (χ0n) is 18.1. The molecule has 32 heavy (non-hydrogen) atoms. The summed E-state index contributed by atoms with van der Waals surface area (Å²) in [4.78, 5) is 15.8. The van der Waals surface area contributed by atoms with Crippen molar-refractivity contribution < 1.29 is 14.3 Å². The molecule has 1 unspecified atom stereocenters. The summed E-state index contributed by atoms with van der Waals surface area (Å²) in [5, 5.41) is 4.84. The third kappa shape index (κ3) is 3.25. The first kappa shape index (κ1) is 19.4. The van der Waals surface area contributed by atoms with E-state index in [0.29, 0.717) is 18.9 Å². The maximum atomic E-state index is 13.8. The number of hydrogen-bond donors (Lipinski definition) is 0. The van der Waals surface area contributed by atoms with Gasteiger partial charge in [0.25, 0.3) is 5.91 Å². The third-order valence-corrected chi connectivity index (χ3v) is 6.80. The number of benzene rings is 2. The lowest BCUT2D eigenvalue weighted by molar-refractivity contribution is 0.0728. The maximum Gasteiger partial charge on any atom is 0.275 e. The van der Waals surface area contributed by atoms with Gasteiger partial charge in [0, 0.05) is 24.2 Å². The molecular weight excluding hydrogens is 402 g/mol. The molecule has 3 heterocycles. The van der Waals surface area contributed by atoms with Gasteiger partial charge in [-0.25, -0.2) is 4.68 Å². The molecule has 1 atom stereocenters. The quantitative estimate of drug-likeness (QED) is 0.615. The Bertz CT molecular complexity index is 1150. The van der Waals surface area contributed by atoms with E-state index in [4.69, 9.17) is 14.6 Å². The molecule has 1 saturated heterocycles. The van der Waals surface area contributed by atoms with Crippen LogP contribution in [0.15, 0.2) is 48.5 Å². The molecule has 0 spiro atoms. The molecule has 164 valence electrons. The van der Waals surface area contributed by atoms with Crippen molar-refractivity contribution in [1.82, 2.24) is 14.7 Å². The highest BCUT2D eigenvalue weighted by molar-refractivity contribution is 5.95. The predicted octanol–water partition coefficient (Wildman–Crippen LogP) is 4.50. The number of carbonyl (C=O) groups excluding carboxylic acids is 1. The SMILES string of the molecule is O=C(c1nn(-c2ccccc2)c2c1CCC2)N1CCCC1c1ccc2c(c1)OCCCO2. The van der Waals surface area contributed by atoms with Crippen molar-refractivity contribution >= 4 is 5.91 Å². The summed E-state index contributed by atoms with van der Waals surface area (Å²) >= 11 is 0. The monoisotopic (exact) mass is 429 g/mol. The molecule has 1 amide bonds. The molecule has 1 fully saturated rings. The van der Waals surface area contributed by atoms with Crippen LogP contribution >= 0.6 is 0 Å². The van der Waals surface area contributed by atoms with E-state index >= 15 is 0 Å². The lowest BCUT2D eigenvalue weighted by Gasteiger charge is -2.25. The Balaban J connectivity index is 1.33. The summed E-state index contributed by atoms with van der Waals surface area (Å²) in [6.45, 7) is 2.09. The molecule has 0 bridgehead atoms. The van der Waals surface area contributed by atoms with Gasteiger partial charge in [-0.15, -0.1) is 0 Å². The van der Waals surface area contributed by atoms with Crippen LogP contribution in [0.1, 0.15) is 59.0 Å². The number of carbonyl (C=O) groups is 1. The van der Waals surface area contributed by atoms with Gasteiger partial charge in [-0.1, -0.05) is 24.3 Å². The van der Waals surface area contributed by atoms with Crippen LogP contribution in [0.2, 0.25) is 0 Å². The van der Waals surface area contributed by atoms with E-state index in [9.17, 15) is 4.79 Å². The molecular formula is C26H27N3O3. The summed E-state index contributed by atoms with van der Waals surface area (Å²) in [6.07, 6.45) is 5.79. The van der Waals surface area contributed by atoms with E-state index in [-0.39, 0.29) is 11.9 Å². The molecule has 6 nitrogen and oxygen atoms in total. The number of aromatic nitrogens is 2. The topological polar surface area (TPSA) is 56.6 Å². The molecule has 2 aliphatic heterocycles. The van der Waals surface area contributed by atoms with Gasteiger partial charge in [-0.2, -0.15) is 5.10 Å². The summed E-state index contributed by atoms with van der Waals surface area (Å²) in [7, 11) is 0. The van der Waals surface area contributed by atoms with Gasteiger partial charge in [0.15, 0.2) is 17.2 Å². The Hall–Kier alpha value is -3.28.